The van der Waals surface area contributed by atoms with Crippen molar-refractivity contribution >= 4 is 11.9 Å². The molecule has 0 bridgehead atoms. The number of amides is 1. The summed E-state index contributed by atoms with van der Waals surface area (Å²) in [4.78, 5) is 26.0. The first-order valence-electron chi connectivity index (χ1n) is 6.03. The van der Waals surface area contributed by atoms with Crippen molar-refractivity contribution in [1.82, 2.24) is 9.80 Å². The highest BCUT2D eigenvalue weighted by Crippen LogP contribution is 2.05. The van der Waals surface area contributed by atoms with E-state index in [1.165, 1.54) is 0 Å². The molecule has 6 heteroatoms. The first-order valence-corrected chi connectivity index (χ1v) is 6.03. The van der Waals surface area contributed by atoms with Crippen molar-refractivity contribution in [2.45, 2.75) is 25.8 Å². The molecule has 1 unspecified atom stereocenters. The lowest BCUT2D eigenvalue weighted by Crippen LogP contribution is -2.53. The summed E-state index contributed by atoms with van der Waals surface area (Å²) >= 11 is 0. The van der Waals surface area contributed by atoms with Crippen LogP contribution in [-0.2, 0) is 9.59 Å². The number of carbonyl (C=O) groups is 2. The molecule has 0 aromatic heterocycles. The Bertz CT molecular complexity index is 275. The van der Waals surface area contributed by atoms with Gasteiger partial charge in [0.15, 0.2) is 0 Å². The minimum absolute atomic E-state index is 0.0122. The van der Waals surface area contributed by atoms with Gasteiger partial charge in [-0.1, -0.05) is 13.3 Å². The number of piperazine rings is 1. The fraction of sp³-hybridized carbons (Fsp3) is 0.818. The first-order chi connectivity index (χ1) is 8.04. The fourth-order valence-electron chi connectivity index (χ4n) is 1.99. The number of hydrogen-bond acceptors (Lipinski definition) is 4. The van der Waals surface area contributed by atoms with Crippen molar-refractivity contribution in [1.29, 1.82) is 0 Å². The summed E-state index contributed by atoms with van der Waals surface area (Å²) in [5.41, 5.74) is 5.78. The van der Waals surface area contributed by atoms with Crippen molar-refractivity contribution in [3.8, 4) is 0 Å². The van der Waals surface area contributed by atoms with E-state index in [1.54, 1.807) is 4.90 Å². The topological polar surface area (TPSA) is 86.9 Å². The summed E-state index contributed by atoms with van der Waals surface area (Å²) in [6.45, 7) is 4.40. The van der Waals surface area contributed by atoms with E-state index >= 15 is 0 Å². The highest BCUT2D eigenvalue weighted by molar-refractivity contribution is 5.81. The fourth-order valence-corrected chi connectivity index (χ4v) is 1.99. The maximum Gasteiger partial charge on any atom is 0.317 e. The average molecular weight is 243 g/mol. The molecule has 17 heavy (non-hydrogen) atoms. The van der Waals surface area contributed by atoms with Gasteiger partial charge >= 0.3 is 5.97 Å². The van der Waals surface area contributed by atoms with Crippen LogP contribution < -0.4 is 5.73 Å². The van der Waals surface area contributed by atoms with Crippen molar-refractivity contribution < 1.29 is 14.7 Å². The Kier molecular flexibility index (Phi) is 5.37. The van der Waals surface area contributed by atoms with Gasteiger partial charge in [-0.3, -0.25) is 14.5 Å². The summed E-state index contributed by atoms with van der Waals surface area (Å²) < 4.78 is 0. The molecule has 1 rings (SSSR count). The van der Waals surface area contributed by atoms with Gasteiger partial charge in [0.1, 0.15) is 0 Å². The number of carbonyl (C=O) groups excluding carboxylic acids is 1. The van der Waals surface area contributed by atoms with Crippen molar-refractivity contribution in [3.05, 3.63) is 0 Å². The van der Waals surface area contributed by atoms with E-state index < -0.39 is 12.0 Å². The molecule has 3 N–H and O–H groups in total. The Morgan fingerprint density at radius 2 is 1.88 bits per heavy atom. The number of nitrogens with two attached hydrogens (primary N) is 1. The first kappa shape index (κ1) is 13.9. The summed E-state index contributed by atoms with van der Waals surface area (Å²) in [6.07, 6.45) is 1.60. The molecule has 98 valence electrons. The second kappa shape index (κ2) is 6.56. The molecule has 0 radical (unpaired) electrons. The van der Waals surface area contributed by atoms with Crippen LogP contribution in [0.3, 0.4) is 0 Å². The van der Waals surface area contributed by atoms with Gasteiger partial charge in [0.25, 0.3) is 0 Å². The van der Waals surface area contributed by atoms with Crippen LogP contribution in [0.25, 0.3) is 0 Å². The SMILES string of the molecule is CCCC(N)C(=O)N1CCN(CC(=O)O)CC1. The van der Waals surface area contributed by atoms with Crippen LogP contribution in [0.5, 0.6) is 0 Å². The summed E-state index contributed by atoms with van der Waals surface area (Å²) in [5, 5.41) is 8.66. The smallest absolute Gasteiger partial charge is 0.317 e. The van der Waals surface area contributed by atoms with Gasteiger partial charge in [-0.05, 0) is 6.42 Å². The van der Waals surface area contributed by atoms with E-state index in [9.17, 15) is 9.59 Å². The van der Waals surface area contributed by atoms with Gasteiger partial charge in [-0.25, -0.2) is 0 Å². The Morgan fingerprint density at radius 1 is 1.29 bits per heavy atom. The second-order valence-electron chi connectivity index (χ2n) is 4.39. The molecule has 6 nitrogen and oxygen atoms in total. The molecule has 1 saturated heterocycles. The maximum atomic E-state index is 11.9. The molecule has 1 aliphatic heterocycles. The van der Waals surface area contributed by atoms with Crippen LogP contribution >= 0.6 is 0 Å². The quantitative estimate of drug-likeness (QED) is 0.669. The molecular formula is C11H21N3O3. The van der Waals surface area contributed by atoms with Gasteiger partial charge < -0.3 is 15.7 Å². The van der Waals surface area contributed by atoms with Gasteiger partial charge in [0, 0.05) is 26.2 Å². The van der Waals surface area contributed by atoms with E-state index in [0.29, 0.717) is 32.6 Å². The lowest BCUT2D eigenvalue weighted by atomic mass is 10.1. The number of hydrogen-bond donors (Lipinski definition) is 2. The Labute approximate surface area is 101 Å². The van der Waals surface area contributed by atoms with Crippen LogP contribution in [0, 0.1) is 0 Å². The molecule has 0 aromatic rings. The molecule has 1 heterocycles. The zero-order valence-electron chi connectivity index (χ0n) is 10.3. The predicted molar refractivity (Wildman–Crippen MR) is 63.5 cm³/mol. The van der Waals surface area contributed by atoms with Crippen LogP contribution in [0.4, 0.5) is 0 Å². The molecule has 0 spiro atoms. The number of rotatable bonds is 5. The van der Waals surface area contributed by atoms with Crippen LogP contribution in [-0.4, -0.2) is 65.5 Å². The van der Waals surface area contributed by atoms with E-state index in [0.717, 1.165) is 6.42 Å². The van der Waals surface area contributed by atoms with Crippen LogP contribution in [0.2, 0.25) is 0 Å². The minimum Gasteiger partial charge on any atom is -0.480 e. The summed E-state index contributed by atoms with van der Waals surface area (Å²) in [6, 6.07) is -0.411. The molecule has 0 saturated carbocycles. The average Bonchev–Trinajstić information content (AvgIpc) is 2.28. The van der Waals surface area contributed by atoms with Crippen molar-refractivity contribution in [2.75, 3.05) is 32.7 Å². The molecule has 0 aliphatic carbocycles. The third-order valence-electron chi connectivity index (χ3n) is 2.96. The Hall–Kier alpha value is -1.14. The van der Waals surface area contributed by atoms with Crippen LogP contribution in [0.1, 0.15) is 19.8 Å². The molecule has 1 atom stereocenters. The zero-order valence-corrected chi connectivity index (χ0v) is 10.3. The lowest BCUT2D eigenvalue weighted by Gasteiger charge is -2.35. The number of carboxylic acid groups (broad SMARTS) is 1. The minimum atomic E-state index is -0.826. The van der Waals surface area contributed by atoms with E-state index in [4.69, 9.17) is 10.8 Å². The maximum absolute atomic E-state index is 11.9. The van der Waals surface area contributed by atoms with Crippen molar-refractivity contribution in [3.63, 3.8) is 0 Å². The van der Waals surface area contributed by atoms with Crippen LogP contribution in [0.15, 0.2) is 0 Å². The van der Waals surface area contributed by atoms with Gasteiger partial charge in [0.05, 0.1) is 12.6 Å². The van der Waals surface area contributed by atoms with E-state index in [-0.39, 0.29) is 12.5 Å². The molecule has 1 aliphatic rings. The normalized spacial score (nSPS) is 19.1. The summed E-state index contributed by atoms with van der Waals surface area (Å²) in [7, 11) is 0. The van der Waals surface area contributed by atoms with Gasteiger partial charge in [-0.15, -0.1) is 0 Å². The highest BCUT2D eigenvalue weighted by Gasteiger charge is 2.25. The number of carboxylic acids is 1. The number of aliphatic carboxylic acids is 1. The monoisotopic (exact) mass is 243 g/mol. The summed E-state index contributed by atoms with van der Waals surface area (Å²) in [5.74, 6) is -0.839. The second-order valence-corrected chi connectivity index (χ2v) is 4.39. The molecule has 1 amide bonds. The highest BCUT2D eigenvalue weighted by atomic mass is 16.4. The third kappa shape index (κ3) is 4.32. The van der Waals surface area contributed by atoms with Gasteiger partial charge in [-0.2, -0.15) is 0 Å². The Morgan fingerprint density at radius 3 is 2.35 bits per heavy atom. The van der Waals surface area contributed by atoms with Gasteiger partial charge in [0.2, 0.25) is 5.91 Å². The zero-order chi connectivity index (χ0) is 12.8. The van der Waals surface area contributed by atoms with E-state index in [2.05, 4.69) is 0 Å². The molecular weight excluding hydrogens is 222 g/mol. The Balaban J connectivity index is 2.35. The standard InChI is InChI=1S/C11H21N3O3/c1-2-3-9(12)11(17)14-6-4-13(5-7-14)8-10(15)16/h9H,2-8,12H2,1H3,(H,15,16). The van der Waals surface area contributed by atoms with Crippen molar-refractivity contribution in [2.24, 2.45) is 5.73 Å². The molecule has 0 aromatic carbocycles. The predicted octanol–water partition coefficient (Wildman–Crippen LogP) is -0.657. The van der Waals surface area contributed by atoms with E-state index in [1.807, 2.05) is 11.8 Å². The largest absolute Gasteiger partial charge is 0.480 e. The number of nitrogens with zero attached hydrogens (tertiary/aromatic N) is 2. The lowest BCUT2D eigenvalue weighted by molar-refractivity contribution is -0.139. The third-order valence-corrected chi connectivity index (χ3v) is 2.96. The molecule has 1 fully saturated rings.